The summed E-state index contributed by atoms with van der Waals surface area (Å²) in [5.41, 5.74) is 2.38. The number of ether oxygens (including phenoxy) is 3. The van der Waals surface area contributed by atoms with E-state index in [9.17, 15) is 9.59 Å². The molecule has 0 unspecified atom stereocenters. The summed E-state index contributed by atoms with van der Waals surface area (Å²) >= 11 is 0. The highest BCUT2D eigenvalue weighted by Crippen LogP contribution is 2.42. The van der Waals surface area contributed by atoms with Crippen LogP contribution in [0.4, 0.5) is 5.69 Å². The number of carbonyl (C=O) groups excluding carboxylic acids is 1. The van der Waals surface area contributed by atoms with Gasteiger partial charge in [-0.25, -0.2) is 4.79 Å². The van der Waals surface area contributed by atoms with Crippen LogP contribution in [0, 0.1) is 0 Å². The third-order valence-corrected chi connectivity index (χ3v) is 3.90. The van der Waals surface area contributed by atoms with Gasteiger partial charge in [0.05, 0.1) is 20.6 Å². The lowest BCUT2D eigenvalue weighted by Gasteiger charge is -2.15. The minimum absolute atomic E-state index is 0.0431. The molecular formula is C18H17NO6. The smallest absolute Gasteiger partial charge is 0.344 e. The van der Waals surface area contributed by atoms with Gasteiger partial charge < -0.3 is 24.6 Å². The highest BCUT2D eigenvalue weighted by atomic mass is 16.6. The van der Waals surface area contributed by atoms with Crippen LogP contribution >= 0.6 is 0 Å². The Bertz CT molecular complexity index is 815. The summed E-state index contributed by atoms with van der Waals surface area (Å²) < 4.78 is 15.9. The van der Waals surface area contributed by atoms with E-state index in [-0.39, 0.29) is 6.42 Å². The first-order chi connectivity index (χ1) is 12.0. The zero-order valence-corrected chi connectivity index (χ0v) is 13.7. The number of hydrogen-bond acceptors (Lipinski definition) is 6. The molecule has 0 saturated carbocycles. The lowest BCUT2D eigenvalue weighted by atomic mass is 10.1. The number of aliphatic carboxylic acids is 1. The van der Waals surface area contributed by atoms with Gasteiger partial charge in [0.25, 0.3) is 0 Å². The van der Waals surface area contributed by atoms with Crippen LogP contribution in [-0.4, -0.2) is 31.3 Å². The Hall–Kier alpha value is -3.22. The van der Waals surface area contributed by atoms with Crippen molar-refractivity contribution in [1.29, 1.82) is 0 Å². The molecule has 0 fully saturated rings. The molecule has 0 spiro atoms. The fourth-order valence-corrected chi connectivity index (χ4v) is 2.75. The first kappa shape index (κ1) is 16.6. The molecule has 7 nitrogen and oxygen atoms in total. The van der Waals surface area contributed by atoms with E-state index in [1.54, 1.807) is 36.4 Å². The van der Waals surface area contributed by atoms with E-state index in [4.69, 9.17) is 19.3 Å². The number of cyclic esters (lactones) is 1. The van der Waals surface area contributed by atoms with Crippen LogP contribution in [0.15, 0.2) is 36.4 Å². The fourth-order valence-electron chi connectivity index (χ4n) is 2.75. The Labute approximate surface area is 144 Å². The number of hydrogen-bond donors (Lipinski definition) is 2. The van der Waals surface area contributed by atoms with E-state index < -0.39 is 18.2 Å². The average Bonchev–Trinajstić information content (AvgIpc) is 2.91. The van der Waals surface area contributed by atoms with Crippen LogP contribution in [0.3, 0.4) is 0 Å². The second kappa shape index (κ2) is 6.72. The molecule has 7 heteroatoms. The number of methoxy groups -OCH3 is 2. The van der Waals surface area contributed by atoms with Gasteiger partial charge in [0.2, 0.25) is 6.23 Å². The predicted octanol–water partition coefficient (Wildman–Crippen LogP) is 2.61. The molecule has 1 atom stereocenters. The number of carboxylic acids is 1. The average molecular weight is 343 g/mol. The maximum atomic E-state index is 12.2. The van der Waals surface area contributed by atoms with Gasteiger partial charge in [-0.2, -0.15) is 0 Å². The predicted molar refractivity (Wildman–Crippen MR) is 89.1 cm³/mol. The van der Waals surface area contributed by atoms with Crippen molar-refractivity contribution in [3.63, 3.8) is 0 Å². The first-order valence-corrected chi connectivity index (χ1v) is 7.56. The second-order valence-electron chi connectivity index (χ2n) is 5.46. The lowest BCUT2D eigenvalue weighted by Crippen LogP contribution is -2.10. The topological polar surface area (TPSA) is 94.1 Å². The second-order valence-corrected chi connectivity index (χ2v) is 5.46. The number of rotatable bonds is 6. The van der Waals surface area contributed by atoms with Crippen molar-refractivity contribution in [2.75, 3.05) is 19.5 Å². The first-order valence-electron chi connectivity index (χ1n) is 7.56. The maximum absolute atomic E-state index is 12.2. The van der Waals surface area contributed by atoms with Crippen molar-refractivity contribution in [1.82, 2.24) is 0 Å². The molecule has 0 aromatic heterocycles. The van der Waals surface area contributed by atoms with Gasteiger partial charge in [-0.3, -0.25) is 4.79 Å². The van der Waals surface area contributed by atoms with E-state index in [2.05, 4.69) is 5.32 Å². The molecule has 3 rings (SSSR count). The Morgan fingerprint density at radius 1 is 1.16 bits per heavy atom. The van der Waals surface area contributed by atoms with Crippen molar-refractivity contribution < 1.29 is 28.9 Å². The summed E-state index contributed by atoms with van der Waals surface area (Å²) in [5.74, 6) is -0.589. The highest BCUT2D eigenvalue weighted by molar-refractivity contribution is 5.98. The molecule has 0 saturated heterocycles. The Balaban J connectivity index is 1.85. The van der Waals surface area contributed by atoms with Crippen LogP contribution in [0.25, 0.3) is 0 Å². The fraction of sp³-hybridized carbons (Fsp3) is 0.222. The zero-order valence-electron chi connectivity index (χ0n) is 13.7. The Kier molecular flexibility index (Phi) is 4.47. The number of carbonyl (C=O) groups is 2. The number of carboxylic acid groups (broad SMARTS) is 1. The third kappa shape index (κ3) is 3.21. The van der Waals surface area contributed by atoms with Crippen LogP contribution in [0.5, 0.6) is 11.5 Å². The normalized spacial score (nSPS) is 15.3. The largest absolute Gasteiger partial charge is 0.493 e. The number of benzene rings is 2. The van der Waals surface area contributed by atoms with Gasteiger partial charge in [0.15, 0.2) is 11.5 Å². The van der Waals surface area contributed by atoms with Crippen molar-refractivity contribution in [3.8, 4) is 11.5 Å². The monoisotopic (exact) mass is 343 g/mol. The van der Waals surface area contributed by atoms with E-state index in [1.807, 2.05) is 0 Å². The third-order valence-electron chi connectivity index (χ3n) is 3.90. The molecule has 0 bridgehead atoms. The standard InChI is InChI=1S/C18H17NO6/c1-23-13-8-7-12-15(16(13)24-2)18(22)25-17(12)19-11-5-3-10(4-6-11)9-14(20)21/h3-8,17,19H,9H2,1-2H3,(H,20,21)/t17-/m1/s1. The van der Waals surface area contributed by atoms with Crippen molar-refractivity contribution in [2.45, 2.75) is 12.6 Å². The molecule has 2 N–H and O–H groups in total. The van der Waals surface area contributed by atoms with Crippen LogP contribution < -0.4 is 14.8 Å². The summed E-state index contributed by atoms with van der Waals surface area (Å²) in [6.07, 6.45) is -0.703. The number of anilines is 1. The van der Waals surface area contributed by atoms with Crippen LogP contribution in [0.1, 0.15) is 27.7 Å². The van der Waals surface area contributed by atoms with E-state index in [0.29, 0.717) is 33.9 Å². The van der Waals surface area contributed by atoms with Gasteiger partial charge in [-0.05, 0) is 29.8 Å². The van der Waals surface area contributed by atoms with Gasteiger partial charge in [-0.15, -0.1) is 0 Å². The minimum Gasteiger partial charge on any atom is -0.493 e. The van der Waals surface area contributed by atoms with Gasteiger partial charge >= 0.3 is 11.9 Å². The van der Waals surface area contributed by atoms with E-state index in [0.717, 1.165) is 0 Å². The highest BCUT2D eigenvalue weighted by Gasteiger charge is 2.35. The van der Waals surface area contributed by atoms with Gasteiger partial charge in [0.1, 0.15) is 5.56 Å². The summed E-state index contributed by atoms with van der Waals surface area (Å²) in [6, 6.07) is 10.4. The molecule has 25 heavy (non-hydrogen) atoms. The molecule has 0 radical (unpaired) electrons. The van der Waals surface area contributed by atoms with E-state index in [1.165, 1.54) is 14.2 Å². The molecule has 2 aromatic rings. The Morgan fingerprint density at radius 3 is 2.48 bits per heavy atom. The Morgan fingerprint density at radius 2 is 1.88 bits per heavy atom. The van der Waals surface area contributed by atoms with Gasteiger partial charge in [0, 0.05) is 11.3 Å². The van der Waals surface area contributed by atoms with Crippen molar-refractivity contribution in [3.05, 3.63) is 53.1 Å². The number of nitrogens with one attached hydrogen (secondary N) is 1. The SMILES string of the molecule is COc1ccc2c(c1OC)C(=O)O[C@H]2Nc1ccc(CC(=O)O)cc1. The molecule has 1 heterocycles. The van der Waals surface area contributed by atoms with E-state index >= 15 is 0 Å². The summed E-state index contributed by atoms with van der Waals surface area (Å²) in [4.78, 5) is 22.9. The summed E-state index contributed by atoms with van der Waals surface area (Å²) in [7, 11) is 2.96. The molecule has 1 aliphatic heterocycles. The molecule has 1 aliphatic rings. The number of fused-ring (bicyclic) bond motifs is 1. The molecule has 2 aromatic carbocycles. The molecule has 0 amide bonds. The zero-order chi connectivity index (χ0) is 18.0. The van der Waals surface area contributed by atoms with Crippen LogP contribution in [-0.2, 0) is 16.0 Å². The lowest BCUT2D eigenvalue weighted by molar-refractivity contribution is -0.136. The summed E-state index contributed by atoms with van der Waals surface area (Å²) in [5, 5.41) is 11.9. The summed E-state index contributed by atoms with van der Waals surface area (Å²) in [6.45, 7) is 0. The molecule has 130 valence electrons. The van der Waals surface area contributed by atoms with Crippen molar-refractivity contribution >= 4 is 17.6 Å². The molecular weight excluding hydrogens is 326 g/mol. The maximum Gasteiger partial charge on any atom is 0.344 e. The van der Waals surface area contributed by atoms with Gasteiger partial charge in [-0.1, -0.05) is 12.1 Å². The number of esters is 1. The quantitative estimate of drug-likeness (QED) is 0.779. The minimum atomic E-state index is -0.889. The molecule has 0 aliphatic carbocycles. The van der Waals surface area contributed by atoms with Crippen molar-refractivity contribution in [2.24, 2.45) is 0 Å². The van der Waals surface area contributed by atoms with Crippen LogP contribution in [0.2, 0.25) is 0 Å².